The predicted octanol–water partition coefficient (Wildman–Crippen LogP) is 4.94. The molecule has 0 radical (unpaired) electrons. The van der Waals surface area contributed by atoms with Crippen molar-refractivity contribution in [3.63, 3.8) is 0 Å². The number of carbonyl (C=O) groups is 2. The first kappa shape index (κ1) is 24.0. The van der Waals surface area contributed by atoms with Gasteiger partial charge in [-0.05, 0) is 65.2 Å². The number of amides is 1. The normalized spacial score (nSPS) is 10.9. The van der Waals surface area contributed by atoms with Gasteiger partial charge in [-0.1, -0.05) is 32.0 Å². The van der Waals surface area contributed by atoms with Crippen LogP contribution in [0, 0.1) is 6.92 Å². The Bertz CT molecular complexity index is 1140. The zero-order chi connectivity index (χ0) is 23.8. The van der Waals surface area contributed by atoms with Gasteiger partial charge in [-0.15, -0.1) is 11.3 Å². The maximum Gasteiger partial charge on any atom is 0.353 e. The number of methoxy groups -OCH3 is 1. The molecule has 0 spiro atoms. The number of aryl methyl sites for hydroxylation is 1. The van der Waals surface area contributed by atoms with E-state index in [1.807, 2.05) is 25.1 Å². The van der Waals surface area contributed by atoms with E-state index >= 15 is 0 Å². The summed E-state index contributed by atoms with van der Waals surface area (Å²) in [4.78, 5) is 24.8. The number of hydrogen-bond donors (Lipinski definition) is 1. The standard InChI is InChI=1S/C25H26N2O5S/c1-16(2)19-9-7-17(3)12-21(19)31-15-24(28)27-26-14-18-8-10-20(22(13-18)30-4)32-25(29)23-6-5-11-33-23/h5-14,16H,15H2,1-4H3,(H,27,28)/b26-14-. The topological polar surface area (TPSA) is 86.2 Å². The molecule has 0 fully saturated rings. The van der Waals surface area contributed by atoms with Crippen molar-refractivity contribution >= 4 is 29.4 Å². The Morgan fingerprint density at radius 2 is 1.91 bits per heavy atom. The molecule has 0 saturated carbocycles. The SMILES string of the molecule is COc1cc(/C=N\NC(=O)COc2cc(C)ccc2C(C)C)ccc1OC(=O)c1cccs1. The molecule has 1 aromatic heterocycles. The Balaban J connectivity index is 1.57. The monoisotopic (exact) mass is 466 g/mol. The number of hydrogen-bond acceptors (Lipinski definition) is 7. The summed E-state index contributed by atoms with van der Waals surface area (Å²) < 4.78 is 16.4. The highest BCUT2D eigenvalue weighted by Crippen LogP contribution is 2.29. The first-order valence-electron chi connectivity index (χ1n) is 10.4. The molecule has 0 bridgehead atoms. The lowest BCUT2D eigenvalue weighted by Crippen LogP contribution is -2.25. The predicted molar refractivity (Wildman–Crippen MR) is 129 cm³/mol. The summed E-state index contributed by atoms with van der Waals surface area (Å²) in [5.74, 6) is 0.816. The third-order valence-corrected chi connectivity index (χ3v) is 5.52. The summed E-state index contributed by atoms with van der Waals surface area (Å²) in [5.41, 5.74) is 5.21. The van der Waals surface area contributed by atoms with E-state index in [1.54, 1.807) is 35.7 Å². The minimum atomic E-state index is -0.453. The molecule has 2 aromatic carbocycles. The summed E-state index contributed by atoms with van der Waals surface area (Å²) in [6.45, 7) is 5.97. The minimum Gasteiger partial charge on any atom is -0.493 e. The fourth-order valence-electron chi connectivity index (χ4n) is 2.99. The van der Waals surface area contributed by atoms with Gasteiger partial charge in [0.25, 0.3) is 5.91 Å². The van der Waals surface area contributed by atoms with E-state index in [1.165, 1.54) is 24.7 Å². The van der Waals surface area contributed by atoms with Crippen molar-refractivity contribution in [2.75, 3.05) is 13.7 Å². The maximum atomic E-state index is 12.2. The van der Waals surface area contributed by atoms with Gasteiger partial charge in [-0.2, -0.15) is 5.10 Å². The molecule has 172 valence electrons. The molecule has 8 heteroatoms. The highest BCUT2D eigenvalue weighted by molar-refractivity contribution is 7.12. The van der Waals surface area contributed by atoms with E-state index in [9.17, 15) is 9.59 Å². The van der Waals surface area contributed by atoms with Crippen LogP contribution in [-0.2, 0) is 4.79 Å². The van der Waals surface area contributed by atoms with E-state index in [0.29, 0.717) is 27.7 Å². The summed E-state index contributed by atoms with van der Waals surface area (Å²) in [6, 6.07) is 14.4. The number of hydrazone groups is 1. The Morgan fingerprint density at radius 1 is 1.09 bits per heavy atom. The lowest BCUT2D eigenvalue weighted by Gasteiger charge is -2.14. The molecule has 0 atom stereocenters. The van der Waals surface area contributed by atoms with Crippen molar-refractivity contribution in [2.45, 2.75) is 26.7 Å². The van der Waals surface area contributed by atoms with Crippen LogP contribution >= 0.6 is 11.3 Å². The quantitative estimate of drug-likeness (QED) is 0.209. The molecule has 3 rings (SSSR count). The number of nitrogens with zero attached hydrogens (tertiary/aromatic N) is 1. The molecule has 0 aliphatic rings. The largest absolute Gasteiger partial charge is 0.493 e. The van der Waals surface area contributed by atoms with Gasteiger partial charge < -0.3 is 14.2 Å². The van der Waals surface area contributed by atoms with Gasteiger partial charge >= 0.3 is 5.97 Å². The van der Waals surface area contributed by atoms with Gasteiger partial charge in [0.05, 0.1) is 13.3 Å². The fraction of sp³-hybridized carbons (Fsp3) is 0.240. The zero-order valence-corrected chi connectivity index (χ0v) is 19.8. The van der Waals surface area contributed by atoms with Crippen LogP contribution in [0.3, 0.4) is 0 Å². The van der Waals surface area contributed by atoms with E-state index in [2.05, 4.69) is 24.4 Å². The Hall–Kier alpha value is -3.65. The Labute approximate surface area is 197 Å². The highest BCUT2D eigenvalue weighted by Gasteiger charge is 2.14. The second-order valence-corrected chi connectivity index (χ2v) is 8.50. The smallest absolute Gasteiger partial charge is 0.353 e. The van der Waals surface area contributed by atoms with E-state index < -0.39 is 5.97 Å². The highest BCUT2D eigenvalue weighted by atomic mass is 32.1. The first-order valence-corrected chi connectivity index (χ1v) is 11.2. The molecule has 0 unspecified atom stereocenters. The molecule has 1 amide bonds. The summed E-state index contributed by atoms with van der Waals surface area (Å²) in [7, 11) is 1.48. The number of ether oxygens (including phenoxy) is 3. The van der Waals surface area contributed by atoms with Gasteiger partial charge in [-0.3, -0.25) is 4.79 Å². The lowest BCUT2D eigenvalue weighted by molar-refractivity contribution is -0.123. The van der Waals surface area contributed by atoms with Crippen LogP contribution in [0.25, 0.3) is 0 Å². The van der Waals surface area contributed by atoms with Crippen molar-refractivity contribution in [3.05, 3.63) is 75.5 Å². The molecule has 1 N–H and O–H groups in total. The summed E-state index contributed by atoms with van der Waals surface area (Å²) in [6.07, 6.45) is 1.47. The first-order chi connectivity index (χ1) is 15.9. The second-order valence-electron chi connectivity index (χ2n) is 7.55. The maximum absolute atomic E-state index is 12.2. The van der Waals surface area contributed by atoms with E-state index in [0.717, 1.165) is 11.1 Å². The number of thiophene rings is 1. The fourth-order valence-corrected chi connectivity index (χ4v) is 3.59. The number of rotatable bonds is 9. The van der Waals surface area contributed by atoms with Crippen LogP contribution in [-0.4, -0.2) is 31.8 Å². The van der Waals surface area contributed by atoms with Gasteiger partial charge in [-0.25, -0.2) is 10.2 Å². The molecule has 1 heterocycles. The van der Waals surface area contributed by atoms with Crippen molar-refractivity contribution < 1.29 is 23.8 Å². The van der Waals surface area contributed by atoms with Crippen molar-refractivity contribution in [3.8, 4) is 17.2 Å². The number of benzene rings is 2. The third-order valence-electron chi connectivity index (χ3n) is 4.67. The zero-order valence-electron chi connectivity index (χ0n) is 19.0. The average molecular weight is 467 g/mol. The van der Waals surface area contributed by atoms with Crippen LogP contribution in [0.1, 0.15) is 46.1 Å². The van der Waals surface area contributed by atoms with Crippen LogP contribution in [0.5, 0.6) is 17.2 Å². The van der Waals surface area contributed by atoms with E-state index in [4.69, 9.17) is 14.2 Å². The average Bonchev–Trinajstić information content (AvgIpc) is 3.33. The van der Waals surface area contributed by atoms with Crippen molar-refractivity contribution in [1.82, 2.24) is 5.43 Å². The van der Waals surface area contributed by atoms with Crippen LogP contribution < -0.4 is 19.6 Å². The number of nitrogens with one attached hydrogen (secondary N) is 1. The van der Waals surface area contributed by atoms with E-state index in [-0.39, 0.29) is 18.4 Å². The molecular formula is C25H26N2O5S. The summed E-state index contributed by atoms with van der Waals surface area (Å²) >= 11 is 1.30. The molecule has 0 saturated heterocycles. The third kappa shape index (κ3) is 6.66. The Morgan fingerprint density at radius 3 is 2.61 bits per heavy atom. The van der Waals surface area contributed by atoms with Gasteiger partial charge in [0.15, 0.2) is 18.1 Å². The number of esters is 1. The molecule has 33 heavy (non-hydrogen) atoms. The molecule has 0 aliphatic heterocycles. The van der Waals surface area contributed by atoms with Crippen LogP contribution in [0.2, 0.25) is 0 Å². The number of carbonyl (C=O) groups excluding carboxylic acids is 2. The minimum absolute atomic E-state index is 0.151. The van der Waals surface area contributed by atoms with Gasteiger partial charge in [0, 0.05) is 0 Å². The van der Waals surface area contributed by atoms with Crippen LogP contribution in [0.15, 0.2) is 59.0 Å². The van der Waals surface area contributed by atoms with Gasteiger partial charge in [0.2, 0.25) is 0 Å². The molecule has 0 aliphatic carbocycles. The molecule has 3 aromatic rings. The van der Waals surface area contributed by atoms with Crippen molar-refractivity contribution in [1.29, 1.82) is 0 Å². The Kier molecular flexibility index (Phi) is 8.21. The van der Waals surface area contributed by atoms with Gasteiger partial charge in [0.1, 0.15) is 10.6 Å². The van der Waals surface area contributed by atoms with Crippen molar-refractivity contribution in [2.24, 2.45) is 5.10 Å². The lowest BCUT2D eigenvalue weighted by atomic mass is 10.0. The molecular weight excluding hydrogens is 440 g/mol. The molecule has 7 nitrogen and oxygen atoms in total. The second kappa shape index (κ2) is 11.3. The summed E-state index contributed by atoms with van der Waals surface area (Å²) in [5, 5.41) is 5.77. The van der Waals surface area contributed by atoms with Crippen LogP contribution in [0.4, 0.5) is 0 Å².